The summed E-state index contributed by atoms with van der Waals surface area (Å²) in [5.74, 6) is -0.871. The van der Waals surface area contributed by atoms with Gasteiger partial charge >= 0.3 is 12.1 Å². The van der Waals surface area contributed by atoms with Crippen LogP contribution >= 0.6 is 11.6 Å². The van der Waals surface area contributed by atoms with Gasteiger partial charge in [0.15, 0.2) is 0 Å². The quantitative estimate of drug-likeness (QED) is 0.640. The molecule has 0 heterocycles. The lowest BCUT2D eigenvalue weighted by atomic mass is 10.1. The van der Waals surface area contributed by atoms with E-state index < -0.39 is 25.3 Å². The number of benzene rings is 1. The number of rotatable bonds is 5. The summed E-state index contributed by atoms with van der Waals surface area (Å²) in [7, 11) is 1.09. The number of methoxy groups -OCH3 is 1. The number of aliphatic hydroxyl groups excluding tert-OH is 1. The molecule has 0 aliphatic carbocycles. The number of hydrogen-bond acceptors (Lipinski definition) is 5. The van der Waals surface area contributed by atoms with E-state index in [1.165, 1.54) is 12.1 Å². The van der Waals surface area contributed by atoms with Crippen molar-refractivity contribution in [1.29, 1.82) is 0 Å². The van der Waals surface area contributed by atoms with E-state index in [2.05, 4.69) is 4.74 Å². The van der Waals surface area contributed by atoms with E-state index in [9.17, 15) is 18.0 Å². The SMILES string of the molecule is COC(=O)c1cc(N)cc(Cl)c1N(CCO)CC(F)(F)F. The summed E-state index contributed by atoms with van der Waals surface area (Å²) in [6.07, 6.45) is -4.53. The Bertz CT molecular complexity index is 523. The molecule has 0 saturated carbocycles. The van der Waals surface area contributed by atoms with Crippen LogP contribution in [0.1, 0.15) is 10.4 Å². The van der Waals surface area contributed by atoms with Crippen molar-refractivity contribution < 1.29 is 27.8 Å². The van der Waals surface area contributed by atoms with E-state index in [-0.39, 0.29) is 28.5 Å². The van der Waals surface area contributed by atoms with Gasteiger partial charge in [-0.2, -0.15) is 13.2 Å². The molecule has 0 unspecified atom stereocenters. The van der Waals surface area contributed by atoms with E-state index in [0.717, 1.165) is 12.0 Å². The Kier molecular flexibility index (Phi) is 5.68. The van der Waals surface area contributed by atoms with Gasteiger partial charge in [-0.3, -0.25) is 0 Å². The third-order valence-corrected chi connectivity index (χ3v) is 2.84. The Morgan fingerprint density at radius 1 is 1.48 bits per heavy atom. The molecule has 9 heteroatoms. The van der Waals surface area contributed by atoms with Crippen LogP contribution in [0, 0.1) is 0 Å². The van der Waals surface area contributed by atoms with E-state index in [1.807, 2.05) is 0 Å². The number of nitrogens with zero attached hydrogens (tertiary/aromatic N) is 1. The molecule has 21 heavy (non-hydrogen) atoms. The van der Waals surface area contributed by atoms with Gasteiger partial charge in [-0.1, -0.05) is 11.6 Å². The maximum absolute atomic E-state index is 12.6. The molecule has 0 amide bonds. The van der Waals surface area contributed by atoms with Gasteiger partial charge in [0.2, 0.25) is 0 Å². The summed E-state index contributed by atoms with van der Waals surface area (Å²) in [5.41, 5.74) is 5.28. The first-order valence-corrected chi connectivity index (χ1v) is 6.17. The summed E-state index contributed by atoms with van der Waals surface area (Å²) < 4.78 is 42.4. The number of anilines is 2. The van der Waals surface area contributed by atoms with Gasteiger partial charge < -0.3 is 20.5 Å². The number of halogens is 4. The van der Waals surface area contributed by atoms with Crippen molar-refractivity contribution in [1.82, 2.24) is 0 Å². The highest BCUT2D eigenvalue weighted by molar-refractivity contribution is 6.34. The molecule has 118 valence electrons. The summed E-state index contributed by atoms with van der Waals surface area (Å²) in [4.78, 5) is 12.5. The molecule has 0 aliphatic heterocycles. The Hall–Kier alpha value is -1.67. The molecule has 1 aromatic rings. The maximum Gasteiger partial charge on any atom is 0.405 e. The molecular formula is C12H14ClF3N2O3. The number of alkyl halides is 3. The highest BCUT2D eigenvalue weighted by atomic mass is 35.5. The van der Waals surface area contributed by atoms with Crippen molar-refractivity contribution in [3.8, 4) is 0 Å². The number of nitrogen functional groups attached to an aromatic ring is 1. The summed E-state index contributed by atoms with van der Waals surface area (Å²) in [6.45, 7) is -2.27. The fourth-order valence-corrected chi connectivity index (χ4v) is 2.16. The number of carbonyl (C=O) groups excluding carboxylic acids is 1. The minimum absolute atomic E-state index is 0.111. The Balaban J connectivity index is 3.38. The standard InChI is InChI=1S/C12H14ClF3N2O3/c1-21-11(20)8-4-7(17)5-9(13)10(8)18(2-3-19)6-12(14,15)16/h4-5,19H,2-3,6,17H2,1H3. The molecule has 0 bridgehead atoms. The molecule has 1 aromatic carbocycles. The normalized spacial score (nSPS) is 11.3. The second kappa shape index (κ2) is 6.86. The van der Waals surface area contributed by atoms with Crippen LogP contribution < -0.4 is 10.6 Å². The maximum atomic E-state index is 12.6. The number of ether oxygens (including phenoxy) is 1. The van der Waals surface area contributed by atoms with Gasteiger partial charge in [-0.15, -0.1) is 0 Å². The lowest BCUT2D eigenvalue weighted by molar-refractivity contribution is -0.119. The first-order valence-electron chi connectivity index (χ1n) is 5.79. The predicted molar refractivity (Wildman–Crippen MR) is 72.6 cm³/mol. The smallest absolute Gasteiger partial charge is 0.405 e. The zero-order chi connectivity index (χ0) is 16.2. The second-order valence-corrected chi connectivity index (χ2v) is 4.56. The highest BCUT2D eigenvalue weighted by Gasteiger charge is 2.33. The van der Waals surface area contributed by atoms with Gasteiger partial charge in [0.25, 0.3) is 0 Å². The van der Waals surface area contributed by atoms with Crippen molar-refractivity contribution in [3.05, 3.63) is 22.7 Å². The van der Waals surface area contributed by atoms with Crippen LogP contribution in [0.4, 0.5) is 24.5 Å². The Labute approximate surface area is 124 Å². The fraction of sp³-hybridized carbons (Fsp3) is 0.417. The summed E-state index contributed by atoms with van der Waals surface area (Å²) in [6, 6.07) is 2.40. The minimum Gasteiger partial charge on any atom is -0.465 e. The largest absolute Gasteiger partial charge is 0.465 e. The molecule has 3 N–H and O–H groups in total. The zero-order valence-corrected chi connectivity index (χ0v) is 11.8. The van der Waals surface area contributed by atoms with Crippen molar-refractivity contribution in [2.75, 3.05) is 37.4 Å². The molecule has 5 nitrogen and oxygen atoms in total. The highest BCUT2D eigenvalue weighted by Crippen LogP contribution is 2.34. The number of esters is 1. The van der Waals surface area contributed by atoms with Crippen molar-refractivity contribution in [2.24, 2.45) is 0 Å². The lowest BCUT2D eigenvalue weighted by Crippen LogP contribution is -2.37. The molecule has 0 saturated heterocycles. The average Bonchev–Trinajstić information content (AvgIpc) is 2.34. The molecule has 0 fully saturated rings. The minimum atomic E-state index is -4.53. The zero-order valence-electron chi connectivity index (χ0n) is 11.1. The van der Waals surface area contributed by atoms with Crippen molar-refractivity contribution >= 4 is 28.9 Å². The van der Waals surface area contributed by atoms with Gasteiger partial charge in [0.05, 0.1) is 30.0 Å². The fourth-order valence-electron chi connectivity index (χ4n) is 1.81. The molecule has 0 atom stereocenters. The number of aliphatic hydroxyl groups is 1. The van der Waals surface area contributed by atoms with Crippen molar-refractivity contribution in [3.63, 3.8) is 0 Å². The third kappa shape index (κ3) is 4.68. The van der Waals surface area contributed by atoms with Crippen LogP contribution in [0.2, 0.25) is 5.02 Å². The molecule has 0 spiro atoms. The number of nitrogens with two attached hydrogens (primary N) is 1. The third-order valence-electron chi connectivity index (χ3n) is 2.55. The Morgan fingerprint density at radius 2 is 2.10 bits per heavy atom. The van der Waals surface area contributed by atoms with Gasteiger partial charge in [0, 0.05) is 12.2 Å². The van der Waals surface area contributed by atoms with E-state index in [0.29, 0.717) is 0 Å². The lowest BCUT2D eigenvalue weighted by Gasteiger charge is -2.28. The van der Waals surface area contributed by atoms with E-state index >= 15 is 0 Å². The van der Waals surface area contributed by atoms with Gasteiger partial charge in [-0.05, 0) is 12.1 Å². The van der Waals surface area contributed by atoms with Crippen LogP contribution in [0.25, 0.3) is 0 Å². The number of hydrogen-bond donors (Lipinski definition) is 2. The van der Waals surface area contributed by atoms with Crippen molar-refractivity contribution in [2.45, 2.75) is 6.18 Å². The summed E-state index contributed by atoms with van der Waals surface area (Å²) >= 11 is 5.92. The topological polar surface area (TPSA) is 75.8 Å². The van der Waals surface area contributed by atoms with Gasteiger partial charge in [-0.25, -0.2) is 4.79 Å². The van der Waals surface area contributed by atoms with Crippen LogP contribution in [-0.4, -0.2) is 44.1 Å². The predicted octanol–water partition coefficient (Wildman–Crippen LogP) is 2.07. The average molecular weight is 327 g/mol. The first kappa shape index (κ1) is 17.4. The van der Waals surface area contributed by atoms with E-state index in [4.69, 9.17) is 22.4 Å². The number of carbonyl (C=O) groups is 1. The van der Waals surface area contributed by atoms with E-state index in [1.54, 1.807) is 0 Å². The molecule has 0 aliphatic rings. The monoisotopic (exact) mass is 326 g/mol. The van der Waals surface area contributed by atoms with Crippen LogP contribution in [0.15, 0.2) is 12.1 Å². The first-order chi connectivity index (χ1) is 9.69. The molecule has 1 rings (SSSR count). The Morgan fingerprint density at radius 3 is 2.57 bits per heavy atom. The van der Waals surface area contributed by atoms with Gasteiger partial charge in [0.1, 0.15) is 6.54 Å². The van der Waals surface area contributed by atoms with Crippen LogP contribution in [0.5, 0.6) is 0 Å². The molecular weight excluding hydrogens is 313 g/mol. The molecule has 0 radical (unpaired) electrons. The van der Waals surface area contributed by atoms with Crippen LogP contribution in [-0.2, 0) is 4.74 Å². The van der Waals surface area contributed by atoms with Crippen LogP contribution in [0.3, 0.4) is 0 Å². The summed E-state index contributed by atoms with van der Waals surface area (Å²) in [5, 5.41) is 8.80. The second-order valence-electron chi connectivity index (χ2n) is 4.15. The molecule has 0 aromatic heterocycles.